The highest BCUT2D eigenvalue weighted by molar-refractivity contribution is 6.47. The summed E-state index contributed by atoms with van der Waals surface area (Å²) in [5.74, 6) is -3.90. The number of anilines is 1. The average Bonchev–Trinajstić information content (AvgIpc) is 3.08. The van der Waals surface area contributed by atoms with Gasteiger partial charge in [0.15, 0.2) is 11.8 Å². The number of benzene rings is 1. The zero-order valence-corrected chi connectivity index (χ0v) is 14.4. The topological polar surface area (TPSA) is 96.3 Å². The van der Waals surface area contributed by atoms with Crippen LogP contribution >= 0.6 is 11.6 Å². The summed E-state index contributed by atoms with van der Waals surface area (Å²) in [6, 6.07) is 3.54. The van der Waals surface area contributed by atoms with Crippen LogP contribution in [-0.4, -0.2) is 47.6 Å². The van der Waals surface area contributed by atoms with Crippen LogP contribution < -0.4 is 4.90 Å². The highest BCUT2D eigenvalue weighted by Crippen LogP contribution is 2.36. The van der Waals surface area contributed by atoms with E-state index in [9.17, 15) is 19.2 Å². The number of halogens is 1. The number of methoxy groups -OCH3 is 1. The Balaban J connectivity index is 2.07. The molecule has 1 aromatic carbocycles. The number of carbonyl (C=O) groups excluding carboxylic acids is 4. The number of esters is 1. The van der Waals surface area contributed by atoms with Gasteiger partial charge in [-0.05, 0) is 24.6 Å². The van der Waals surface area contributed by atoms with E-state index in [4.69, 9.17) is 11.6 Å². The first kappa shape index (κ1) is 17.1. The number of amides is 3. The minimum absolute atomic E-state index is 0.262. The lowest BCUT2D eigenvalue weighted by Gasteiger charge is -2.19. The fraction of sp³-hybridized carbons (Fsp3) is 0.312. The second-order valence-electron chi connectivity index (χ2n) is 5.71. The van der Waals surface area contributed by atoms with Gasteiger partial charge in [0.1, 0.15) is 5.92 Å². The van der Waals surface area contributed by atoms with Gasteiger partial charge in [-0.15, -0.1) is 0 Å². The van der Waals surface area contributed by atoms with Gasteiger partial charge in [-0.25, -0.2) is 14.7 Å². The van der Waals surface area contributed by atoms with Gasteiger partial charge < -0.3 is 4.74 Å². The number of hydrogen-bond donors (Lipinski definition) is 0. The van der Waals surface area contributed by atoms with Gasteiger partial charge in [-0.2, -0.15) is 5.10 Å². The number of imide groups is 1. The molecule has 0 saturated carbocycles. The van der Waals surface area contributed by atoms with E-state index in [-0.39, 0.29) is 11.4 Å². The molecule has 1 saturated heterocycles. The Labute approximate surface area is 148 Å². The van der Waals surface area contributed by atoms with Crippen molar-refractivity contribution < 1.29 is 23.9 Å². The summed E-state index contributed by atoms with van der Waals surface area (Å²) < 4.78 is 4.62. The lowest BCUT2D eigenvalue weighted by molar-refractivity contribution is -0.136. The maximum Gasteiger partial charge on any atom is 0.355 e. The molecule has 2 aliphatic rings. The van der Waals surface area contributed by atoms with E-state index in [1.54, 1.807) is 19.1 Å². The van der Waals surface area contributed by atoms with Crippen molar-refractivity contribution in [3.63, 3.8) is 0 Å². The number of hydrazone groups is 1. The molecule has 9 heteroatoms. The lowest BCUT2D eigenvalue weighted by atomic mass is 9.98. The summed E-state index contributed by atoms with van der Waals surface area (Å²) in [7, 11) is 1.13. The number of carbonyl (C=O) groups is 4. The second kappa shape index (κ2) is 5.96. The molecule has 1 fully saturated rings. The molecule has 8 nitrogen and oxygen atoms in total. The van der Waals surface area contributed by atoms with Crippen LogP contribution in [0, 0.1) is 12.8 Å². The van der Waals surface area contributed by atoms with E-state index in [1.165, 1.54) is 13.0 Å². The van der Waals surface area contributed by atoms with Crippen molar-refractivity contribution in [2.45, 2.75) is 19.9 Å². The molecule has 130 valence electrons. The SMILES string of the molecule is COC(=O)C1=NN(C(C)=O)[C@@H]2C(=O)N(c3ccc(C)c(Cl)c3)C(=O)[C@@H]12. The molecule has 25 heavy (non-hydrogen) atoms. The summed E-state index contributed by atoms with van der Waals surface area (Å²) in [5, 5.41) is 5.08. The van der Waals surface area contributed by atoms with E-state index in [0.717, 1.165) is 22.6 Å². The third-order valence-electron chi connectivity index (χ3n) is 4.18. The number of aryl methyl sites for hydroxylation is 1. The highest BCUT2D eigenvalue weighted by Gasteiger charge is 2.59. The van der Waals surface area contributed by atoms with E-state index in [2.05, 4.69) is 9.84 Å². The molecule has 0 aliphatic carbocycles. The number of hydrogen-bond acceptors (Lipinski definition) is 6. The Kier molecular flexibility index (Phi) is 4.08. The molecular formula is C16H14ClN3O5. The molecule has 3 rings (SSSR count). The van der Waals surface area contributed by atoms with Crippen LogP contribution in [0.4, 0.5) is 5.69 Å². The van der Waals surface area contributed by atoms with Crippen LogP contribution in [0.1, 0.15) is 12.5 Å². The van der Waals surface area contributed by atoms with E-state index >= 15 is 0 Å². The monoisotopic (exact) mass is 363 g/mol. The predicted molar refractivity (Wildman–Crippen MR) is 87.9 cm³/mol. The van der Waals surface area contributed by atoms with E-state index in [1.807, 2.05) is 0 Å². The van der Waals surface area contributed by atoms with Crippen molar-refractivity contribution in [3.8, 4) is 0 Å². The molecule has 0 radical (unpaired) electrons. The van der Waals surface area contributed by atoms with Gasteiger partial charge in [0.05, 0.1) is 12.8 Å². The predicted octanol–water partition coefficient (Wildman–Crippen LogP) is 0.898. The Hall–Kier alpha value is -2.74. The normalized spacial score (nSPS) is 22.2. The van der Waals surface area contributed by atoms with Gasteiger partial charge in [-0.3, -0.25) is 14.4 Å². The first-order valence-corrected chi connectivity index (χ1v) is 7.76. The number of ether oxygens (including phenoxy) is 1. The van der Waals surface area contributed by atoms with Gasteiger partial charge in [0.25, 0.3) is 5.91 Å². The largest absolute Gasteiger partial charge is 0.464 e. The Morgan fingerprint density at radius 3 is 2.48 bits per heavy atom. The van der Waals surface area contributed by atoms with Crippen LogP contribution in [0.15, 0.2) is 23.3 Å². The summed E-state index contributed by atoms with van der Waals surface area (Å²) in [4.78, 5) is 50.3. The maximum atomic E-state index is 12.8. The Bertz CT molecular complexity index is 850. The Morgan fingerprint density at radius 1 is 1.24 bits per heavy atom. The maximum absolute atomic E-state index is 12.8. The zero-order valence-electron chi connectivity index (χ0n) is 13.6. The summed E-state index contributed by atoms with van der Waals surface area (Å²) in [5.41, 5.74) is 0.793. The minimum Gasteiger partial charge on any atom is -0.464 e. The van der Waals surface area contributed by atoms with Gasteiger partial charge >= 0.3 is 5.97 Å². The van der Waals surface area contributed by atoms with Crippen molar-refractivity contribution in [3.05, 3.63) is 28.8 Å². The van der Waals surface area contributed by atoms with Crippen LogP contribution in [0.5, 0.6) is 0 Å². The zero-order chi connectivity index (χ0) is 18.5. The minimum atomic E-state index is -1.20. The van der Waals surface area contributed by atoms with Crippen molar-refractivity contribution in [1.29, 1.82) is 0 Å². The van der Waals surface area contributed by atoms with Crippen LogP contribution in [0.3, 0.4) is 0 Å². The van der Waals surface area contributed by atoms with Gasteiger partial charge in [0, 0.05) is 11.9 Å². The Morgan fingerprint density at radius 2 is 1.92 bits per heavy atom. The number of nitrogens with zero attached hydrogens (tertiary/aromatic N) is 3. The van der Waals surface area contributed by atoms with Gasteiger partial charge in [-0.1, -0.05) is 17.7 Å². The van der Waals surface area contributed by atoms with E-state index in [0.29, 0.717) is 5.02 Å². The van der Waals surface area contributed by atoms with Crippen molar-refractivity contribution in [2.24, 2.45) is 11.0 Å². The average molecular weight is 364 g/mol. The fourth-order valence-electron chi connectivity index (χ4n) is 2.92. The molecule has 0 N–H and O–H groups in total. The van der Waals surface area contributed by atoms with Crippen LogP contribution in [0.2, 0.25) is 5.02 Å². The van der Waals surface area contributed by atoms with Crippen molar-refractivity contribution >= 4 is 46.7 Å². The second-order valence-corrected chi connectivity index (χ2v) is 6.12. The molecule has 2 atom stereocenters. The van der Waals surface area contributed by atoms with Crippen LogP contribution in [-0.2, 0) is 23.9 Å². The number of fused-ring (bicyclic) bond motifs is 1. The van der Waals surface area contributed by atoms with Gasteiger partial charge in [0.2, 0.25) is 11.8 Å². The van der Waals surface area contributed by atoms with Crippen molar-refractivity contribution in [2.75, 3.05) is 12.0 Å². The molecule has 2 aliphatic heterocycles. The molecule has 3 amide bonds. The molecule has 0 bridgehead atoms. The smallest absolute Gasteiger partial charge is 0.355 e. The summed E-state index contributed by atoms with van der Waals surface area (Å²) >= 11 is 6.08. The van der Waals surface area contributed by atoms with Crippen LogP contribution in [0.25, 0.3) is 0 Å². The highest BCUT2D eigenvalue weighted by atomic mass is 35.5. The standard InChI is InChI=1S/C16H14ClN3O5/c1-7-4-5-9(6-10(7)17)19-14(22)11-12(16(24)25-3)18-20(8(2)21)13(11)15(19)23/h4-6,11,13H,1-3H3/t11-,13-/m0/s1. The molecule has 2 heterocycles. The van der Waals surface area contributed by atoms with Crippen molar-refractivity contribution in [1.82, 2.24) is 5.01 Å². The van der Waals surface area contributed by atoms with E-state index < -0.39 is 35.7 Å². The third kappa shape index (κ3) is 2.49. The summed E-state index contributed by atoms with van der Waals surface area (Å²) in [6.07, 6.45) is 0. The number of rotatable bonds is 2. The molecular weight excluding hydrogens is 350 g/mol. The quantitative estimate of drug-likeness (QED) is 0.574. The first-order valence-electron chi connectivity index (χ1n) is 7.38. The molecule has 0 aromatic heterocycles. The molecule has 0 unspecified atom stereocenters. The molecule has 0 spiro atoms. The first-order chi connectivity index (χ1) is 11.8. The summed E-state index contributed by atoms with van der Waals surface area (Å²) in [6.45, 7) is 2.98. The fourth-order valence-corrected chi connectivity index (χ4v) is 3.10. The third-order valence-corrected chi connectivity index (χ3v) is 4.59. The molecule has 1 aromatic rings. The lowest BCUT2D eigenvalue weighted by Crippen LogP contribution is -2.41.